The first-order chi connectivity index (χ1) is 48.1. The number of fused-ring (bicyclic) bond motifs is 6. The van der Waals surface area contributed by atoms with Crippen molar-refractivity contribution < 1.29 is 0 Å². The van der Waals surface area contributed by atoms with Gasteiger partial charge in [0, 0.05) is 56.0 Å². The molecule has 0 saturated carbocycles. The van der Waals surface area contributed by atoms with Gasteiger partial charge in [-0.15, -0.1) is 0 Å². The first-order valence-corrected chi connectivity index (χ1v) is 34.0. The zero-order valence-corrected chi connectivity index (χ0v) is 54.7. The van der Waals surface area contributed by atoms with Crippen LogP contribution in [0.15, 0.2) is 303 Å². The van der Waals surface area contributed by atoms with Crippen molar-refractivity contribution in [3.8, 4) is 135 Å². The maximum absolute atomic E-state index is 5.26. The van der Waals surface area contributed by atoms with E-state index in [0.717, 1.165) is 55.6 Å². The second-order valence-electron chi connectivity index (χ2n) is 27.6. The Bertz CT molecular complexity index is 5400. The Labute approximate surface area is 570 Å². The number of nitrogens with zero attached hydrogens (tertiary/aromatic N) is 6. The number of aromatic nitrogens is 6. The molecule has 6 nitrogen and oxygen atoms in total. The summed E-state index contributed by atoms with van der Waals surface area (Å²) >= 11 is 0. The molecule has 6 heteroatoms. The van der Waals surface area contributed by atoms with E-state index in [1.807, 2.05) is 36.4 Å². The summed E-state index contributed by atoms with van der Waals surface area (Å²) in [4.78, 5) is 31.2. The van der Waals surface area contributed by atoms with E-state index in [1.165, 1.54) is 100 Å². The molecule has 2 aromatic heterocycles. The zero-order chi connectivity index (χ0) is 65.4. The van der Waals surface area contributed by atoms with Gasteiger partial charge in [-0.3, -0.25) is 0 Å². The lowest BCUT2D eigenvalue weighted by molar-refractivity contribution is 0.660. The molecule has 2 heterocycles. The average molecular weight is 1250 g/mol. The molecular formula is C92H64N6. The Balaban J connectivity index is 0.624. The van der Waals surface area contributed by atoms with Gasteiger partial charge in [0.1, 0.15) is 0 Å². The van der Waals surface area contributed by atoms with Crippen molar-refractivity contribution in [2.24, 2.45) is 0 Å². The number of benzene rings is 13. The van der Waals surface area contributed by atoms with Crippen molar-refractivity contribution in [1.82, 2.24) is 29.9 Å². The Hall–Kier alpha value is -12.1. The summed E-state index contributed by atoms with van der Waals surface area (Å²) in [6.07, 6.45) is 0. The maximum Gasteiger partial charge on any atom is 0.164 e. The summed E-state index contributed by atoms with van der Waals surface area (Å²) in [6.45, 7) is 9.33. The second-order valence-corrected chi connectivity index (χ2v) is 27.6. The van der Waals surface area contributed by atoms with Gasteiger partial charge in [0.05, 0.1) is 0 Å². The van der Waals surface area contributed by atoms with E-state index >= 15 is 0 Å². The molecule has 0 spiro atoms. The molecule has 20 rings (SSSR count). The van der Waals surface area contributed by atoms with Crippen LogP contribution in [-0.4, -0.2) is 29.9 Å². The minimum Gasteiger partial charge on any atom is -0.208 e. The van der Waals surface area contributed by atoms with E-state index in [9.17, 15) is 0 Å². The molecule has 0 aliphatic heterocycles. The number of hydrogen-bond acceptors (Lipinski definition) is 6. The van der Waals surface area contributed by atoms with Gasteiger partial charge in [0.15, 0.2) is 34.9 Å². The first-order valence-electron chi connectivity index (χ1n) is 34.0. The monoisotopic (exact) mass is 1250 g/mol. The lowest BCUT2D eigenvalue weighted by Gasteiger charge is -2.42. The van der Waals surface area contributed by atoms with Crippen molar-refractivity contribution in [3.05, 3.63) is 359 Å². The zero-order valence-electron chi connectivity index (χ0n) is 54.7. The van der Waals surface area contributed by atoms with Crippen molar-refractivity contribution in [2.45, 2.75) is 50.4 Å². The fraction of sp³-hybridized carbons (Fsp3) is 0.0870. The lowest BCUT2D eigenvalue weighted by Crippen LogP contribution is -2.27. The Morgan fingerprint density at radius 3 is 0.878 bits per heavy atom. The van der Waals surface area contributed by atoms with E-state index in [0.29, 0.717) is 34.9 Å². The normalized spacial score (nSPS) is 15.1. The van der Waals surface area contributed by atoms with Crippen LogP contribution in [0, 0.1) is 0 Å². The van der Waals surface area contributed by atoms with Crippen molar-refractivity contribution in [2.75, 3.05) is 0 Å². The van der Waals surface area contributed by atoms with Crippen molar-refractivity contribution >= 4 is 0 Å². The van der Waals surface area contributed by atoms with Crippen molar-refractivity contribution in [1.29, 1.82) is 0 Å². The van der Waals surface area contributed by atoms with Crippen LogP contribution in [0.5, 0.6) is 0 Å². The van der Waals surface area contributed by atoms with Crippen LogP contribution in [0.3, 0.4) is 0 Å². The quantitative estimate of drug-likeness (QED) is 0.136. The highest BCUT2D eigenvalue weighted by Gasteiger charge is 2.42. The molecule has 13 aromatic carbocycles. The lowest BCUT2D eigenvalue weighted by atomic mass is 9.60. The van der Waals surface area contributed by atoms with E-state index in [2.05, 4.69) is 295 Å². The van der Waals surface area contributed by atoms with Crippen LogP contribution in [0.2, 0.25) is 0 Å². The highest BCUT2D eigenvalue weighted by molar-refractivity contribution is 5.95. The topological polar surface area (TPSA) is 77.3 Å². The fourth-order valence-corrected chi connectivity index (χ4v) is 16.5. The Morgan fingerprint density at radius 1 is 0.194 bits per heavy atom. The van der Waals surface area contributed by atoms with Crippen LogP contribution in [0.4, 0.5) is 0 Å². The molecule has 0 fully saturated rings. The van der Waals surface area contributed by atoms with Crippen LogP contribution < -0.4 is 0 Å². The third kappa shape index (κ3) is 9.15. The number of rotatable bonds is 10. The smallest absolute Gasteiger partial charge is 0.164 e. The molecule has 462 valence electrons. The highest BCUT2D eigenvalue weighted by Crippen LogP contribution is 2.58. The van der Waals surface area contributed by atoms with Crippen LogP contribution in [0.1, 0.15) is 95.2 Å². The Morgan fingerprint density at radius 2 is 0.469 bits per heavy atom. The summed E-state index contributed by atoms with van der Waals surface area (Å²) in [5.41, 5.74) is 33.5. The maximum atomic E-state index is 5.26. The van der Waals surface area contributed by atoms with Crippen LogP contribution >= 0.6 is 0 Å². The molecule has 5 aliphatic rings. The van der Waals surface area contributed by atoms with E-state index in [-0.39, 0.29) is 22.7 Å². The summed E-state index contributed by atoms with van der Waals surface area (Å²) in [7, 11) is 0. The van der Waals surface area contributed by atoms with Gasteiger partial charge in [0.2, 0.25) is 0 Å². The van der Waals surface area contributed by atoms with Gasteiger partial charge >= 0.3 is 0 Å². The predicted molar refractivity (Wildman–Crippen MR) is 397 cm³/mol. The van der Waals surface area contributed by atoms with Crippen molar-refractivity contribution in [3.63, 3.8) is 0 Å². The molecule has 2 atom stereocenters. The summed E-state index contributed by atoms with van der Waals surface area (Å²) < 4.78 is 0. The van der Waals surface area contributed by atoms with E-state index in [1.54, 1.807) is 0 Å². The van der Waals surface area contributed by atoms with Gasteiger partial charge in [0.25, 0.3) is 0 Å². The predicted octanol–water partition coefficient (Wildman–Crippen LogP) is 22.3. The molecule has 0 radical (unpaired) electrons. The van der Waals surface area contributed by atoms with Gasteiger partial charge < -0.3 is 0 Å². The third-order valence-electron chi connectivity index (χ3n) is 21.4. The van der Waals surface area contributed by atoms with E-state index in [4.69, 9.17) is 29.9 Å². The molecule has 2 unspecified atom stereocenters. The van der Waals surface area contributed by atoms with Crippen LogP contribution in [-0.2, 0) is 10.8 Å². The van der Waals surface area contributed by atoms with Gasteiger partial charge in [-0.25, -0.2) is 29.9 Å². The molecule has 0 saturated heterocycles. The van der Waals surface area contributed by atoms with E-state index < -0.39 is 0 Å². The summed E-state index contributed by atoms with van der Waals surface area (Å²) in [5.74, 6) is 3.98. The highest BCUT2D eigenvalue weighted by atomic mass is 15.0. The standard InChI is InChI=1S/C92H64N6/c1-91(2)77-35-15-13-31-73(77)83-67(33-19-37-79(83)91)63-25-17-27-65(51-63)89-95-85(57-21-7-5-8-22-57)93-87(97-89)59-43-39-55(40-44-59)61-47-49-71-75(53-61)81-69-29-11-12-30-70(69)82(71)76-54-62(48-50-72(76)81)56-41-45-60(46-42-56)88-94-86(58-23-9-6-10-24-58)96-90(98-88)66-28-18-26-64(52-66)68-34-20-38-80-84(68)74-32-14-16-36-78(74)92(80,3)4/h5-54,81-82H,1-4H3. The SMILES string of the molecule is CC1(C)c2ccccc2-c2c(-c3cccc(-c4nc(-c5ccccc5)nc(-c5ccc(-c6ccc7c(c6)C6c8ccccc8C7c7cc(-c8ccc(-c9nc(-c%10ccccc%10)nc(-c%10cccc(-c%11cccc%12c%11-c%11ccccc%11C%12(C)C)c%10)n9)cc8)ccc76)cc5)n4)c3)cccc21. The van der Waals surface area contributed by atoms with Gasteiger partial charge in [-0.1, -0.05) is 307 Å². The van der Waals surface area contributed by atoms with Gasteiger partial charge in [-0.2, -0.15) is 0 Å². The largest absolute Gasteiger partial charge is 0.208 e. The average Bonchev–Trinajstić information content (AvgIpc) is 1.00. The molecule has 15 aromatic rings. The molecule has 98 heavy (non-hydrogen) atoms. The molecule has 0 amide bonds. The molecule has 5 aliphatic carbocycles. The Kier molecular flexibility index (Phi) is 13.0. The first kappa shape index (κ1) is 57.3. The summed E-state index contributed by atoms with van der Waals surface area (Å²) in [6, 6.07) is 110. The minimum absolute atomic E-state index is 0.0933. The van der Waals surface area contributed by atoms with Gasteiger partial charge in [-0.05, 0) is 147 Å². The molecule has 2 bridgehead atoms. The second kappa shape index (κ2) is 22.2. The summed E-state index contributed by atoms with van der Waals surface area (Å²) in [5, 5.41) is 0. The van der Waals surface area contributed by atoms with Crippen LogP contribution in [0.25, 0.3) is 135 Å². The fourth-order valence-electron chi connectivity index (χ4n) is 16.5. The third-order valence-corrected chi connectivity index (χ3v) is 21.4. The molecule has 0 N–H and O–H groups in total. The number of hydrogen-bond donors (Lipinski definition) is 0. The molecular weight excluding hydrogens is 1190 g/mol. The minimum atomic E-state index is -0.0972.